The molecule has 3 rings (SSSR count). The maximum Gasteiger partial charge on any atom is 0.343 e. The zero-order chi connectivity index (χ0) is 23.1. The number of ether oxygens (including phenoxy) is 1. The molecule has 0 radical (unpaired) electrons. The van der Waals surface area contributed by atoms with Gasteiger partial charge in [-0.3, -0.25) is 10.0 Å². The first kappa shape index (κ1) is 23.7. The lowest BCUT2D eigenvalue weighted by molar-refractivity contribution is -0.0769. The second kappa shape index (κ2) is 11.1. The van der Waals surface area contributed by atoms with Gasteiger partial charge in [-0.2, -0.15) is 0 Å². The number of morpholine rings is 1. The van der Waals surface area contributed by atoms with Crippen LogP contribution in [0.15, 0.2) is 48.5 Å². The number of aliphatic hydroxyl groups is 1. The fraction of sp³-hybridized carbons (Fsp3) is 0.417. The number of rotatable bonds is 7. The predicted molar refractivity (Wildman–Crippen MR) is 120 cm³/mol. The van der Waals surface area contributed by atoms with Crippen molar-refractivity contribution in [3.63, 3.8) is 0 Å². The standard InChI is InChI=1S/C24H31N3O5/c1-3-18-4-6-19(7-5-18)20-8-10-21(11-9-20)23(29)25-22(17(2)28)16-27(31)24(30)26-12-14-32-15-13-26/h4-11,17,22,28,31H,3,12-16H2,1-2H3,(H,25,29)/t17-,22-/m1/s1. The van der Waals surface area contributed by atoms with Crippen molar-refractivity contribution >= 4 is 11.9 Å². The molecule has 3 N–H and O–H groups in total. The van der Waals surface area contributed by atoms with Gasteiger partial charge in [0.2, 0.25) is 0 Å². The van der Waals surface area contributed by atoms with E-state index in [2.05, 4.69) is 36.5 Å². The highest BCUT2D eigenvalue weighted by atomic mass is 16.5. The largest absolute Gasteiger partial charge is 0.391 e. The molecule has 0 aliphatic carbocycles. The van der Waals surface area contributed by atoms with Crippen LogP contribution in [-0.2, 0) is 11.2 Å². The molecule has 1 aliphatic rings. The van der Waals surface area contributed by atoms with Gasteiger partial charge in [0.25, 0.3) is 5.91 Å². The van der Waals surface area contributed by atoms with Gasteiger partial charge in [0.15, 0.2) is 0 Å². The minimum Gasteiger partial charge on any atom is -0.391 e. The van der Waals surface area contributed by atoms with Crippen molar-refractivity contribution in [1.82, 2.24) is 15.3 Å². The Kier molecular flexibility index (Phi) is 8.21. The molecule has 8 heteroatoms. The Balaban J connectivity index is 1.61. The van der Waals surface area contributed by atoms with Crippen molar-refractivity contribution in [1.29, 1.82) is 0 Å². The molecule has 32 heavy (non-hydrogen) atoms. The van der Waals surface area contributed by atoms with Crippen LogP contribution >= 0.6 is 0 Å². The van der Waals surface area contributed by atoms with E-state index in [-0.39, 0.29) is 6.54 Å². The summed E-state index contributed by atoms with van der Waals surface area (Å²) in [4.78, 5) is 26.6. The number of aliphatic hydroxyl groups excluding tert-OH is 1. The van der Waals surface area contributed by atoms with Gasteiger partial charge >= 0.3 is 6.03 Å². The van der Waals surface area contributed by atoms with Crippen molar-refractivity contribution in [2.24, 2.45) is 0 Å². The quantitative estimate of drug-likeness (QED) is 0.453. The summed E-state index contributed by atoms with van der Waals surface area (Å²) in [5, 5.41) is 23.5. The summed E-state index contributed by atoms with van der Waals surface area (Å²) >= 11 is 0. The molecule has 0 spiro atoms. The average Bonchev–Trinajstić information content (AvgIpc) is 2.83. The lowest BCUT2D eigenvalue weighted by Crippen LogP contribution is -2.54. The van der Waals surface area contributed by atoms with Crippen LogP contribution in [0.1, 0.15) is 29.8 Å². The number of benzene rings is 2. The van der Waals surface area contributed by atoms with E-state index in [9.17, 15) is 19.9 Å². The first-order chi connectivity index (χ1) is 15.4. The monoisotopic (exact) mass is 441 g/mol. The van der Waals surface area contributed by atoms with Crippen LogP contribution in [0.2, 0.25) is 0 Å². The highest BCUT2D eigenvalue weighted by molar-refractivity contribution is 5.95. The Bertz CT molecular complexity index is 893. The van der Waals surface area contributed by atoms with Crippen LogP contribution < -0.4 is 5.32 Å². The second-order valence-electron chi connectivity index (χ2n) is 7.91. The van der Waals surface area contributed by atoms with Gasteiger partial charge in [-0.05, 0) is 42.2 Å². The summed E-state index contributed by atoms with van der Waals surface area (Å²) in [6, 6.07) is 14.0. The third kappa shape index (κ3) is 6.06. The van der Waals surface area contributed by atoms with Crippen LogP contribution in [0.4, 0.5) is 4.79 Å². The Labute approximate surface area is 188 Å². The number of amides is 3. The minimum absolute atomic E-state index is 0.235. The van der Waals surface area contributed by atoms with Crippen molar-refractivity contribution < 1.29 is 24.6 Å². The van der Waals surface area contributed by atoms with Gasteiger partial charge in [0, 0.05) is 18.7 Å². The van der Waals surface area contributed by atoms with E-state index in [1.807, 2.05) is 12.1 Å². The fourth-order valence-electron chi connectivity index (χ4n) is 3.50. The summed E-state index contributed by atoms with van der Waals surface area (Å²) < 4.78 is 5.21. The second-order valence-corrected chi connectivity index (χ2v) is 7.91. The number of hydroxylamine groups is 2. The van der Waals surface area contributed by atoms with Crippen LogP contribution in [0.25, 0.3) is 11.1 Å². The predicted octanol–water partition coefficient (Wildman–Crippen LogP) is 2.54. The van der Waals surface area contributed by atoms with Gasteiger partial charge in [-0.25, -0.2) is 9.86 Å². The van der Waals surface area contributed by atoms with E-state index in [1.54, 1.807) is 12.1 Å². The Morgan fingerprint density at radius 1 is 1.06 bits per heavy atom. The number of hydrogen-bond donors (Lipinski definition) is 3. The third-order valence-corrected chi connectivity index (χ3v) is 5.61. The zero-order valence-corrected chi connectivity index (χ0v) is 18.5. The van der Waals surface area contributed by atoms with E-state index in [4.69, 9.17) is 4.74 Å². The van der Waals surface area contributed by atoms with E-state index in [0.717, 1.165) is 17.5 Å². The van der Waals surface area contributed by atoms with Gasteiger partial charge < -0.3 is 20.1 Å². The first-order valence-electron chi connectivity index (χ1n) is 10.9. The maximum atomic E-state index is 12.7. The van der Waals surface area contributed by atoms with Crippen molar-refractivity contribution in [2.75, 3.05) is 32.8 Å². The van der Waals surface area contributed by atoms with Gasteiger partial charge in [-0.15, -0.1) is 0 Å². The summed E-state index contributed by atoms with van der Waals surface area (Å²) in [6.07, 6.45) is 0.00935. The molecule has 2 aromatic rings. The average molecular weight is 442 g/mol. The molecule has 3 amide bonds. The molecular formula is C24H31N3O5. The number of nitrogens with zero attached hydrogens (tertiary/aromatic N) is 2. The van der Waals surface area contributed by atoms with E-state index in [1.165, 1.54) is 17.4 Å². The molecule has 0 aromatic heterocycles. The molecule has 1 fully saturated rings. The van der Waals surface area contributed by atoms with E-state index < -0.39 is 24.1 Å². The molecule has 172 valence electrons. The number of carbonyl (C=O) groups excluding carboxylic acids is 2. The molecule has 8 nitrogen and oxygen atoms in total. The fourth-order valence-corrected chi connectivity index (χ4v) is 3.50. The van der Waals surface area contributed by atoms with Crippen molar-refractivity contribution in [2.45, 2.75) is 32.4 Å². The molecule has 1 saturated heterocycles. The highest BCUT2D eigenvalue weighted by Crippen LogP contribution is 2.20. The molecule has 1 heterocycles. The summed E-state index contributed by atoms with van der Waals surface area (Å²) in [7, 11) is 0. The van der Waals surface area contributed by atoms with Gasteiger partial charge in [0.1, 0.15) is 0 Å². The normalized spacial score (nSPS) is 15.7. The van der Waals surface area contributed by atoms with Gasteiger partial charge in [-0.1, -0.05) is 43.3 Å². The SMILES string of the molecule is CCc1ccc(-c2ccc(C(=O)N[C@H](CN(O)C(=O)N3CCOCC3)[C@@H](C)O)cc2)cc1. The van der Waals surface area contributed by atoms with Crippen molar-refractivity contribution in [3.8, 4) is 11.1 Å². The Morgan fingerprint density at radius 3 is 2.16 bits per heavy atom. The van der Waals surface area contributed by atoms with Crippen LogP contribution in [0.5, 0.6) is 0 Å². The zero-order valence-electron chi connectivity index (χ0n) is 18.5. The number of urea groups is 1. The van der Waals surface area contributed by atoms with Crippen LogP contribution in [-0.4, -0.2) is 77.2 Å². The topological polar surface area (TPSA) is 102 Å². The molecular weight excluding hydrogens is 410 g/mol. The molecule has 2 aromatic carbocycles. The first-order valence-corrected chi connectivity index (χ1v) is 10.9. The number of nitrogens with one attached hydrogen (secondary N) is 1. The third-order valence-electron chi connectivity index (χ3n) is 5.61. The van der Waals surface area contributed by atoms with Gasteiger partial charge in [0.05, 0.1) is 31.9 Å². The number of hydrogen-bond acceptors (Lipinski definition) is 5. The molecule has 1 aliphatic heterocycles. The molecule has 0 bridgehead atoms. The lowest BCUT2D eigenvalue weighted by Gasteiger charge is -2.32. The Hall–Kier alpha value is -2.94. The van der Waals surface area contributed by atoms with E-state index in [0.29, 0.717) is 36.9 Å². The highest BCUT2D eigenvalue weighted by Gasteiger charge is 2.27. The molecule has 0 unspecified atom stereocenters. The lowest BCUT2D eigenvalue weighted by atomic mass is 10.0. The van der Waals surface area contributed by atoms with Crippen LogP contribution in [0, 0.1) is 0 Å². The summed E-state index contributed by atoms with van der Waals surface area (Å²) in [6.45, 7) is 4.97. The maximum absolute atomic E-state index is 12.7. The smallest absolute Gasteiger partial charge is 0.343 e. The molecule has 2 atom stereocenters. The summed E-state index contributed by atoms with van der Waals surface area (Å²) in [5.74, 6) is -0.393. The number of aryl methyl sites for hydroxylation is 1. The molecule has 0 saturated carbocycles. The minimum atomic E-state index is -0.970. The van der Waals surface area contributed by atoms with E-state index >= 15 is 0 Å². The van der Waals surface area contributed by atoms with Crippen molar-refractivity contribution in [3.05, 3.63) is 59.7 Å². The number of carbonyl (C=O) groups is 2. The van der Waals surface area contributed by atoms with Crippen LogP contribution in [0.3, 0.4) is 0 Å². The Morgan fingerprint density at radius 2 is 1.62 bits per heavy atom. The summed E-state index contributed by atoms with van der Waals surface area (Å²) in [5.41, 5.74) is 3.75.